The van der Waals surface area contributed by atoms with E-state index in [0.29, 0.717) is 56.2 Å². The number of aryl methyl sites for hydroxylation is 1. The first-order valence-corrected chi connectivity index (χ1v) is 11.2. The monoisotopic (exact) mass is 465 g/mol. The van der Waals surface area contributed by atoms with Gasteiger partial charge in [-0.15, -0.1) is 5.10 Å². The first kappa shape index (κ1) is 23.1. The van der Waals surface area contributed by atoms with Gasteiger partial charge in [0.05, 0.1) is 11.1 Å². The molecule has 0 atom stereocenters. The van der Waals surface area contributed by atoms with E-state index >= 15 is 0 Å². The van der Waals surface area contributed by atoms with Crippen LogP contribution in [0.2, 0.25) is 0 Å². The van der Waals surface area contributed by atoms with Crippen molar-refractivity contribution in [3.05, 3.63) is 41.7 Å². The third-order valence-corrected chi connectivity index (χ3v) is 5.90. The molecule has 4 N–H and O–H groups in total. The molecule has 3 amide bonds. The van der Waals surface area contributed by atoms with Gasteiger partial charge in [-0.3, -0.25) is 14.4 Å². The second-order valence-electron chi connectivity index (χ2n) is 8.19. The molecule has 0 unspecified atom stereocenters. The van der Waals surface area contributed by atoms with Crippen LogP contribution in [0.3, 0.4) is 0 Å². The zero-order valence-corrected chi connectivity index (χ0v) is 18.8. The number of hydrogen-bond acceptors (Lipinski definition) is 8. The maximum Gasteiger partial charge on any atom is 0.251 e. The standard InChI is InChI=1S/C22H27N9O3/c23-20(33)15-5-6-17-18(12-15)31(28-27-17)7-3-1-2-4-19(32)29-8-10-30(11-9-29)22-25-13-16(14-26-22)21(24)34/h5-6,12-14H,1-4,7-11H2,(H2,23,33)(H2,24,34). The molecule has 1 saturated heterocycles. The number of benzene rings is 1. The summed E-state index contributed by atoms with van der Waals surface area (Å²) >= 11 is 0. The number of hydrogen-bond donors (Lipinski definition) is 2. The molecule has 12 nitrogen and oxygen atoms in total. The zero-order valence-electron chi connectivity index (χ0n) is 18.8. The lowest BCUT2D eigenvalue weighted by Crippen LogP contribution is -2.49. The number of primary amides is 2. The van der Waals surface area contributed by atoms with E-state index in [9.17, 15) is 14.4 Å². The van der Waals surface area contributed by atoms with Crippen molar-refractivity contribution in [2.75, 3.05) is 31.1 Å². The lowest BCUT2D eigenvalue weighted by molar-refractivity contribution is -0.131. The summed E-state index contributed by atoms with van der Waals surface area (Å²) in [4.78, 5) is 47.4. The van der Waals surface area contributed by atoms with Gasteiger partial charge in [0.25, 0.3) is 5.91 Å². The Morgan fingerprint density at radius 2 is 1.59 bits per heavy atom. The van der Waals surface area contributed by atoms with Crippen LogP contribution >= 0.6 is 0 Å². The van der Waals surface area contributed by atoms with Gasteiger partial charge in [0.15, 0.2) is 0 Å². The number of aromatic nitrogens is 5. The van der Waals surface area contributed by atoms with Crippen LogP contribution in [-0.4, -0.2) is 73.8 Å². The summed E-state index contributed by atoms with van der Waals surface area (Å²) in [6, 6.07) is 5.08. The molecule has 0 aliphatic carbocycles. The summed E-state index contributed by atoms with van der Waals surface area (Å²) in [5.41, 5.74) is 12.8. The van der Waals surface area contributed by atoms with Gasteiger partial charge in [-0.1, -0.05) is 11.6 Å². The largest absolute Gasteiger partial charge is 0.366 e. The molecule has 1 aromatic carbocycles. The SMILES string of the molecule is NC(=O)c1cnc(N2CCN(C(=O)CCCCCn3nnc4ccc(C(N)=O)cc43)CC2)nc1. The van der Waals surface area contributed by atoms with E-state index in [4.69, 9.17) is 11.5 Å². The van der Waals surface area contributed by atoms with Gasteiger partial charge in [0, 0.05) is 57.1 Å². The number of piperazine rings is 1. The number of carbonyl (C=O) groups excluding carboxylic acids is 3. The predicted octanol–water partition coefficient (Wildman–Crippen LogP) is 0.328. The second-order valence-corrected chi connectivity index (χ2v) is 8.19. The highest BCUT2D eigenvalue weighted by molar-refractivity contribution is 5.96. The summed E-state index contributed by atoms with van der Waals surface area (Å²) in [6.07, 6.45) is 5.84. The summed E-state index contributed by atoms with van der Waals surface area (Å²) in [6.45, 7) is 3.13. The molecule has 2 aromatic heterocycles. The molecular formula is C22H27N9O3. The molecule has 0 radical (unpaired) electrons. The molecule has 4 rings (SSSR count). The number of rotatable bonds is 9. The van der Waals surface area contributed by atoms with Crippen LogP contribution in [0.15, 0.2) is 30.6 Å². The molecule has 3 aromatic rings. The highest BCUT2D eigenvalue weighted by atomic mass is 16.2. The number of carbonyl (C=O) groups is 3. The molecule has 1 aliphatic heterocycles. The van der Waals surface area contributed by atoms with Gasteiger partial charge in [-0.2, -0.15) is 0 Å². The molecule has 3 heterocycles. The maximum absolute atomic E-state index is 12.6. The number of nitrogens with zero attached hydrogens (tertiary/aromatic N) is 7. The summed E-state index contributed by atoms with van der Waals surface area (Å²) in [7, 11) is 0. The quantitative estimate of drug-likeness (QED) is 0.426. The Balaban J connectivity index is 1.18. The van der Waals surface area contributed by atoms with E-state index in [2.05, 4.69) is 20.3 Å². The van der Waals surface area contributed by atoms with E-state index in [1.807, 2.05) is 9.80 Å². The van der Waals surface area contributed by atoms with E-state index < -0.39 is 11.8 Å². The van der Waals surface area contributed by atoms with Gasteiger partial charge >= 0.3 is 0 Å². The predicted molar refractivity (Wildman–Crippen MR) is 124 cm³/mol. The van der Waals surface area contributed by atoms with Crippen molar-refractivity contribution >= 4 is 34.7 Å². The second kappa shape index (κ2) is 10.2. The Kier molecular flexibility index (Phi) is 6.95. The van der Waals surface area contributed by atoms with E-state index in [1.165, 1.54) is 12.4 Å². The molecule has 34 heavy (non-hydrogen) atoms. The lowest BCUT2D eigenvalue weighted by Gasteiger charge is -2.34. The first-order valence-electron chi connectivity index (χ1n) is 11.2. The molecule has 1 fully saturated rings. The number of unbranched alkanes of at least 4 members (excludes halogenated alkanes) is 2. The summed E-state index contributed by atoms with van der Waals surface area (Å²) in [5, 5.41) is 8.26. The minimum Gasteiger partial charge on any atom is -0.366 e. The minimum atomic E-state index is -0.561. The van der Waals surface area contributed by atoms with Gasteiger partial charge in [-0.25, -0.2) is 14.6 Å². The van der Waals surface area contributed by atoms with Gasteiger partial charge < -0.3 is 21.3 Å². The molecule has 0 saturated carbocycles. The topological polar surface area (TPSA) is 166 Å². The smallest absolute Gasteiger partial charge is 0.251 e. The zero-order chi connectivity index (χ0) is 24.1. The van der Waals surface area contributed by atoms with Gasteiger partial charge in [0.2, 0.25) is 17.8 Å². The minimum absolute atomic E-state index is 0.141. The van der Waals surface area contributed by atoms with Crippen molar-refractivity contribution < 1.29 is 14.4 Å². The Hall–Kier alpha value is -4.09. The van der Waals surface area contributed by atoms with E-state index in [0.717, 1.165) is 24.8 Å². The number of nitrogens with two attached hydrogens (primary N) is 2. The molecular weight excluding hydrogens is 438 g/mol. The van der Waals surface area contributed by atoms with Crippen molar-refractivity contribution in [1.82, 2.24) is 29.9 Å². The van der Waals surface area contributed by atoms with Crippen LogP contribution in [0.25, 0.3) is 11.0 Å². The normalized spacial score (nSPS) is 13.9. The molecule has 12 heteroatoms. The molecule has 0 spiro atoms. The maximum atomic E-state index is 12.6. The van der Waals surface area contributed by atoms with Crippen molar-refractivity contribution in [2.24, 2.45) is 11.5 Å². The van der Waals surface area contributed by atoms with Crippen LogP contribution in [0.1, 0.15) is 46.4 Å². The summed E-state index contributed by atoms with van der Waals surface area (Å²) < 4.78 is 1.76. The number of anilines is 1. The van der Waals surface area contributed by atoms with E-state index in [1.54, 1.807) is 22.9 Å². The van der Waals surface area contributed by atoms with Crippen LogP contribution in [0, 0.1) is 0 Å². The third kappa shape index (κ3) is 5.27. The van der Waals surface area contributed by atoms with Crippen molar-refractivity contribution in [3.8, 4) is 0 Å². The molecule has 178 valence electrons. The number of amides is 3. The Bertz CT molecular complexity index is 1180. The van der Waals surface area contributed by atoms with Gasteiger partial charge in [-0.05, 0) is 31.0 Å². The van der Waals surface area contributed by atoms with Crippen molar-refractivity contribution in [1.29, 1.82) is 0 Å². The van der Waals surface area contributed by atoms with Crippen molar-refractivity contribution in [2.45, 2.75) is 32.2 Å². The fraction of sp³-hybridized carbons (Fsp3) is 0.409. The Labute approximate surface area is 195 Å². The number of fused-ring (bicyclic) bond motifs is 1. The fourth-order valence-electron chi connectivity index (χ4n) is 3.92. The summed E-state index contributed by atoms with van der Waals surface area (Å²) in [5.74, 6) is -0.376. The van der Waals surface area contributed by atoms with Gasteiger partial charge in [0.1, 0.15) is 5.52 Å². The van der Waals surface area contributed by atoms with Crippen LogP contribution < -0.4 is 16.4 Å². The highest BCUT2D eigenvalue weighted by Gasteiger charge is 2.22. The Morgan fingerprint density at radius 3 is 2.26 bits per heavy atom. The fourth-order valence-corrected chi connectivity index (χ4v) is 3.92. The lowest BCUT2D eigenvalue weighted by atomic mass is 10.1. The van der Waals surface area contributed by atoms with Crippen LogP contribution in [-0.2, 0) is 11.3 Å². The van der Waals surface area contributed by atoms with Crippen LogP contribution in [0.4, 0.5) is 5.95 Å². The van der Waals surface area contributed by atoms with E-state index in [-0.39, 0.29) is 11.5 Å². The third-order valence-electron chi connectivity index (χ3n) is 5.90. The average Bonchev–Trinajstić information content (AvgIpc) is 3.26. The average molecular weight is 466 g/mol. The Morgan fingerprint density at radius 1 is 0.882 bits per heavy atom. The molecule has 1 aliphatic rings. The highest BCUT2D eigenvalue weighted by Crippen LogP contribution is 2.16. The van der Waals surface area contributed by atoms with Crippen LogP contribution in [0.5, 0.6) is 0 Å². The van der Waals surface area contributed by atoms with Crippen molar-refractivity contribution in [3.63, 3.8) is 0 Å². The first-order chi connectivity index (χ1) is 16.4. The molecule has 0 bridgehead atoms.